The standard InChI is InChI=1S/C20H16ClF3N2O/c1-9(10-2-3-10)16-7-12(20(4-5-20)19(25)27)17(24)18(26-16)11-6-13(21)15(23)8-14(11)22/h6-8,10H,1-5H2,(H2,25,27). The maximum Gasteiger partial charge on any atom is 0.228 e. The Morgan fingerprint density at radius 1 is 1.19 bits per heavy atom. The van der Waals surface area contributed by atoms with Crippen LogP contribution in [0.1, 0.15) is 36.9 Å². The minimum Gasteiger partial charge on any atom is -0.369 e. The molecule has 1 heterocycles. The molecule has 3 nitrogen and oxygen atoms in total. The lowest BCUT2D eigenvalue weighted by Gasteiger charge is -2.18. The first-order valence-electron chi connectivity index (χ1n) is 8.59. The van der Waals surface area contributed by atoms with E-state index in [0.29, 0.717) is 30.2 Å². The molecular weight excluding hydrogens is 377 g/mol. The second kappa shape index (κ2) is 6.09. The van der Waals surface area contributed by atoms with Gasteiger partial charge in [-0.25, -0.2) is 18.2 Å². The minimum atomic E-state index is -1.12. The molecule has 2 N–H and O–H groups in total. The lowest BCUT2D eigenvalue weighted by molar-refractivity contribution is -0.120. The van der Waals surface area contributed by atoms with Gasteiger partial charge < -0.3 is 5.73 Å². The van der Waals surface area contributed by atoms with Gasteiger partial charge in [0, 0.05) is 17.2 Å². The fourth-order valence-electron chi connectivity index (χ4n) is 3.34. The normalized spacial score (nSPS) is 17.6. The molecule has 0 unspecified atom stereocenters. The predicted molar refractivity (Wildman–Crippen MR) is 96.4 cm³/mol. The number of hydrogen-bond acceptors (Lipinski definition) is 2. The third-order valence-corrected chi connectivity index (χ3v) is 5.65. The van der Waals surface area contributed by atoms with Gasteiger partial charge in [-0.15, -0.1) is 0 Å². The fourth-order valence-corrected chi connectivity index (χ4v) is 3.50. The number of nitrogens with zero attached hydrogens (tertiary/aromatic N) is 1. The number of primary amides is 1. The summed E-state index contributed by atoms with van der Waals surface area (Å²) in [5.41, 5.74) is 4.95. The number of amides is 1. The van der Waals surface area contributed by atoms with Crippen molar-refractivity contribution in [1.82, 2.24) is 4.98 Å². The van der Waals surface area contributed by atoms with E-state index >= 15 is 4.39 Å². The van der Waals surface area contributed by atoms with E-state index in [1.54, 1.807) is 0 Å². The number of rotatable bonds is 5. The highest BCUT2D eigenvalue weighted by Crippen LogP contribution is 2.51. The van der Waals surface area contributed by atoms with Crippen molar-refractivity contribution in [3.63, 3.8) is 0 Å². The second-order valence-corrected chi connectivity index (χ2v) is 7.62. The third-order valence-electron chi connectivity index (χ3n) is 5.36. The number of aromatic nitrogens is 1. The minimum absolute atomic E-state index is 0.0802. The van der Waals surface area contributed by atoms with Gasteiger partial charge in [-0.3, -0.25) is 4.79 Å². The van der Waals surface area contributed by atoms with Gasteiger partial charge in [0.1, 0.15) is 17.3 Å². The van der Waals surface area contributed by atoms with Crippen LogP contribution in [-0.4, -0.2) is 10.9 Å². The number of benzene rings is 1. The van der Waals surface area contributed by atoms with Gasteiger partial charge in [0.2, 0.25) is 5.91 Å². The van der Waals surface area contributed by atoms with E-state index in [1.807, 2.05) is 0 Å². The van der Waals surface area contributed by atoms with Gasteiger partial charge in [0.05, 0.1) is 16.1 Å². The highest BCUT2D eigenvalue weighted by atomic mass is 35.5. The molecule has 0 radical (unpaired) electrons. The van der Waals surface area contributed by atoms with Crippen molar-refractivity contribution in [2.45, 2.75) is 31.1 Å². The predicted octanol–water partition coefficient (Wildman–Crippen LogP) is 4.76. The summed E-state index contributed by atoms with van der Waals surface area (Å²) in [4.78, 5) is 16.2. The van der Waals surface area contributed by atoms with E-state index in [1.165, 1.54) is 6.07 Å². The van der Waals surface area contributed by atoms with E-state index in [0.717, 1.165) is 18.9 Å². The van der Waals surface area contributed by atoms with Crippen molar-refractivity contribution in [1.29, 1.82) is 0 Å². The number of hydrogen-bond donors (Lipinski definition) is 1. The molecule has 0 saturated heterocycles. The SMILES string of the molecule is C=C(c1cc(C2(C(N)=O)CC2)c(F)c(-c2cc(Cl)c(F)cc2F)n1)C1CC1. The van der Waals surface area contributed by atoms with E-state index in [4.69, 9.17) is 17.3 Å². The monoisotopic (exact) mass is 392 g/mol. The van der Waals surface area contributed by atoms with E-state index < -0.39 is 28.8 Å². The Morgan fingerprint density at radius 2 is 1.85 bits per heavy atom. The van der Waals surface area contributed by atoms with Gasteiger partial charge in [-0.05, 0) is 49.3 Å². The smallest absolute Gasteiger partial charge is 0.228 e. The van der Waals surface area contributed by atoms with Crippen molar-refractivity contribution in [2.24, 2.45) is 11.7 Å². The van der Waals surface area contributed by atoms with Crippen LogP contribution in [0.3, 0.4) is 0 Å². The van der Waals surface area contributed by atoms with Crippen LogP contribution in [0.4, 0.5) is 13.2 Å². The molecule has 0 spiro atoms. The van der Waals surface area contributed by atoms with Crippen LogP contribution < -0.4 is 5.73 Å². The number of allylic oxidation sites excluding steroid dienone is 1. The van der Waals surface area contributed by atoms with E-state index in [2.05, 4.69) is 11.6 Å². The summed E-state index contributed by atoms with van der Waals surface area (Å²) in [6, 6.07) is 3.07. The van der Waals surface area contributed by atoms with E-state index in [-0.39, 0.29) is 27.8 Å². The Bertz CT molecular complexity index is 997. The number of pyridine rings is 1. The highest BCUT2D eigenvalue weighted by molar-refractivity contribution is 6.31. The zero-order chi connectivity index (χ0) is 19.5. The highest BCUT2D eigenvalue weighted by Gasteiger charge is 2.52. The molecule has 1 aromatic heterocycles. The molecule has 0 bridgehead atoms. The summed E-state index contributed by atoms with van der Waals surface area (Å²) < 4.78 is 43.2. The van der Waals surface area contributed by atoms with Gasteiger partial charge in [0.25, 0.3) is 0 Å². The third kappa shape index (κ3) is 2.92. The van der Waals surface area contributed by atoms with Crippen molar-refractivity contribution >= 4 is 23.1 Å². The Morgan fingerprint density at radius 3 is 2.41 bits per heavy atom. The Balaban J connectivity index is 1.96. The first-order chi connectivity index (χ1) is 12.7. The molecule has 2 fully saturated rings. The van der Waals surface area contributed by atoms with Crippen LogP contribution in [0.5, 0.6) is 0 Å². The van der Waals surface area contributed by atoms with Gasteiger partial charge in [-0.1, -0.05) is 18.2 Å². The van der Waals surface area contributed by atoms with Crippen LogP contribution >= 0.6 is 11.6 Å². The van der Waals surface area contributed by atoms with Crippen LogP contribution in [-0.2, 0) is 10.2 Å². The summed E-state index contributed by atoms with van der Waals surface area (Å²) in [6.07, 6.45) is 2.70. The molecule has 2 saturated carbocycles. The first kappa shape index (κ1) is 18.0. The summed E-state index contributed by atoms with van der Waals surface area (Å²) in [5, 5.41) is -0.350. The molecule has 27 heavy (non-hydrogen) atoms. The van der Waals surface area contributed by atoms with Crippen molar-refractivity contribution in [2.75, 3.05) is 0 Å². The van der Waals surface area contributed by atoms with Gasteiger partial charge in [-0.2, -0.15) is 0 Å². The van der Waals surface area contributed by atoms with Gasteiger partial charge >= 0.3 is 0 Å². The number of carbonyl (C=O) groups is 1. The number of nitrogens with two attached hydrogens (primary N) is 1. The van der Waals surface area contributed by atoms with E-state index in [9.17, 15) is 13.6 Å². The molecule has 2 aliphatic carbocycles. The Hall–Kier alpha value is -2.34. The maximum absolute atomic E-state index is 15.3. The molecule has 1 aromatic carbocycles. The molecule has 7 heteroatoms. The lowest BCUT2D eigenvalue weighted by atomic mass is 9.91. The first-order valence-corrected chi connectivity index (χ1v) is 8.97. The summed E-state index contributed by atoms with van der Waals surface area (Å²) >= 11 is 5.76. The fraction of sp³-hybridized carbons (Fsp3) is 0.300. The molecular formula is C20H16ClF3N2O. The maximum atomic E-state index is 15.3. The number of carbonyl (C=O) groups excluding carboxylic acids is 1. The second-order valence-electron chi connectivity index (χ2n) is 7.21. The van der Waals surface area contributed by atoms with Crippen molar-refractivity contribution in [3.8, 4) is 11.3 Å². The summed E-state index contributed by atoms with van der Waals surface area (Å²) in [6.45, 7) is 4.01. The zero-order valence-corrected chi connectivity index (χ0v) is 15.0. The largest absolute Gasteiger partial charge is 0.369 e. The van der Waals surface area contributed by atoms with Crippen LogP contribution in [0.15, 0.2) is 24.8 Å². The summed E-state index contributed by atoms with van der Waals surface area (Å²) in [7, 11) is 0. The van der Waals surface area contributed by atoms with Crippen molar-refractivity contribution < 1.29 is 18.0 Å². The average molecular weight is 393 g/mol. The molecule has 0 atom stereocenters. The van der Waals surface area contributed by atoms with Gasteiger partial charge in [0.15, 0.2) is 5.82 Å². The molecule has 2 aliphatic rings. The lowest BCUT2D eigenvalue weighted by Crippen LogP contribution is -2.29. The number of halogens is 4. The zero-order valence-electron chi connectivity index (χ0n) is 14.3. The Kier molecular flexibility index (Phi) is 4.07. The van der Waals surface area contributed by atoms with Crippen LogP contribution in [0.2, 0.25) is 5.02 Å². The summed E-state index contributed by atoms with van der Waals surface area (Å²) in [5.74, 6) is -3.20. The molecule has 1 amide bonds. The molecule has 4 rings (SSSR count). The average Bonchev–Trinajstić information content (AvgIpc) is 3.51. The van der Waals surface area contributed by atoms with Crippen LogP contribution in [0.25, 0.3) is 16.8 Å². The molecule has 2 aromatic rings. The quantitative estimate of drug-likeness (QED) is 0.746. The van der Waals surface area contributed by atoms with Crippen LogP contribution in [0, 0.1) is 23.4 Å². The Labute approximate surface area is 159 Å². The molecule has 0 aliphatic heterocycles. The van der Waals surface area contributed by atoms with Crippen molar-refractivity contribution in [3.05, 3.63) is 58.5 Å². The molecule has 140 valence electrons. The topological polar surface area (TPSA) is 56.0 Å².